The highest BCUT2D eigenvalue weighted by Gasteiger charge is 2.49. The van der Waals surface area contributed by atoms with Crippen molar-refractivity contribution in [3.8, 4) is 0 Å². The van der Waals surface area contributed by atoms with Crippen LogP contribution >= 0.6 is 23.3 Å². The van der Waals surface area contributed by atoms with Crippen LogP contribution in [0, 0.1) is 0 Å². The number of fused-ring (bicyclic) bond motifs is 2. The summed E-state index contributed by atoms with van der Waals surface area (Å²) in [5.74, 6) is 0. The van der Waals surface area contributed by atoms with E-state index in [1.54, 1.807) is 0 Å². The van der Waals surface area contributed by atoms with E-state index in [0.717, 1.165) is 32.3 Å². The number of ether oxygens (including phenoxy) is 3. The fraction of sp³-hybridized carbons (Fsp3) is 1.00. The molecule has 3 rings (SSSR count). The van der Waals surface area contributed by atoms with Gasteiger partial charge in [0.1, 0.15) is 19.9 Å². The van der Waals surface area contributed by atoms with Gasteiger partial charge in [0.05, 0.1) is 25.4 Å². The quantitative estimate of drug-likeness (QED) is 0.165. The number of alkyl halides is 3. The Morgan fingerprint density at radius 2 is 1.33 bits per heavy atom. The Morgan fingerprint density at radius 3 is 1.60 bits per heavy atom. The van der Waals surface area contributed by atoms with Crippen LogP contribution in [0.4, 0.5) is 13.2 Å². The van der Waals surface area contributed by atoms with E-state index >= 15 is 0 Å². The highest BCUT2D eigenvalue weighted by atomic mass is 32.5. The minimum atomic E-state index is -5.39. The lowest BCUT2D eigenvalue weighted by atomic mass is 10.1. The van der Waals surface area contributed by atoms with Gasteiger partial charge in [0.15, 0.2) is 6.29 Å². The van der Waals surface area contributed by atoms with Crippen LogP contribution in [0.1, 0.15) is 66.2 Å². The molecule has 0 spiro atoms. The summed E-state index contributed by atoms with van der Waals surface area (Å²) >= 11 is 4.14. The van der Waals surface area contributed by atoms with Crippen molar-refractivity contribution < 1.29 is 44.8 Å². The lowest BCUT2D eigenvalue weighted by molar-refractivity contribution is -0.0815. The van der Waals surface area contributed by atoms with Crippen LogP contribution in [0.3, 0.4) is 0 Å². The first-order valence-electron chi connectivity index (χ1n) is 14.9. The zero-order chi connectivity index (χ0) is 34.0. The molecular weight excluding hydrogens is 662 g/mol. The second-order valence-corrected chi connectivity index (χ2v) is 37.5. The normalized spacial score (nSPS) is 24.0. The SMILES string of the molecule is C1CC2CO[C@@H](C1)O2.CC.CC.C[Si](C)(C)OS(=O)(=O)C(F)(F)F.C[Si](C)(C)S[Si](C)(C)C.OCC1CCC[C@@H](S)O1. The minimum absolute atomic E-state index is 0.0428. The number of halogens is 3. The van der Waals surface area contributed by atoms with Gasteiger partial charge in [-0.1, -0.05) is 67.0 Å². The van der Waals surface area contributed by atoms with E-state index in [2.05, 4.69) is 66.4 Å². The van der Waals surface area contributed by atoms with Crippen molar-refractivity contribution in [1.82, 2.24) is 0 Å². The number of rotatable bonds is 5. The number of thiol groups is 1. The monoisotopic (exact) mass is 722 g/mol. The second kappa shape index (κ2) is 22.4. The minimum Gasteiger partial charge on any atom is -0.394 e. The summed E-state index contributed by atoms with van der Waals surface area (Å²) in [4.78, 5) is 0. The van der Waals surface area contributed by atoms with Gasteiger partial charge in [-0.2, -0.15) is 21.6 Å². The fourth-order valence-corrected chi connectivity index (χ4v) is 30.9. The topological polar surface area (TPSA) is 91.3 Å². The van der Waals surface area contributed by atoms with Crippen LogP contribution in [0.25, 0.3) is 0 Å². The molecule has 0 aromatic carbocycles. The van der Waals surface area contributed by atoms with E-state index in [9.17, 15) is 21.6 Å². The molecule has 3 saturated heterocycles. The molecule has 1 N–H and O–H groups in total. The summed E-state index contributed by atoms with van der Waals surface area (Å²) in [6.45, 7) is 27.6. The van der Waals surface area contributed by atoms with Crippen molar-refractivity contribution in [3.63, 3.8) is 0 Å². The average Bonchev–Trinajstić information content (AvgIpc) is 3.15. The maximum atomic E-state index is 11.7. The third kappa shape index (κ3) is 27.2. The molecule has 2 unspecified atom stereocenters. The Balaban J connectivity index is -0.000000467. The molecule has 0 aliphatic carbocycles. The molecule has 258 valence electrons. The summed E-state index contributed by atoms with van der Waals surface area (Å²) in [7, 11) is -7.44. The van der Waals surface area contributed by atoms with Gasteiger partial charge >= 0.3 is 15.6 Å². The molecule has 3 aliphatic heterocycles. The third-order valence-electron chi connectivity index (χ3n) is 4.56. The van der Waals surface area contributed by atoms with Crippen LogP contribution in [0.15, 0.2) is 0 Å². The molecule has 0 radical (unpaired) electrons. The van der Waals surface area contributed by atoms with Crippen molar-refractivity contribution in [2.45, 2.75) is 155 Å². The second-order valence-electron chi connectivity index (χ2n) is 12.2. The summed E-state index contributed by atoms with van der Waals surface area (Å²) in [5, 5.41) is 8.65. The standard InChI is InChI=1S/C6H12O2S.C6H10O2.C6H18SSi2.C4H9F3O3SSi.2C2H6/c7-4-5-2-1-3-6(9)8-5;1-2-5-4-7-6(3-1)8-5;1-8(2,3)7-9(4,5)6;1-12(2,3)10-11(8,9)4(5,6)7;2*1-2/h5-7,9H,1-4H2;5-6H,1-4H2;1-6H3;1-3H3;2*1-2H3/t2*5?,6-;;;;/m11..../s1. The molecule has 0 saturated carbocycles. The first-order chi connectivity index (χ1) is 18.9. The van der Waals surface area contributed by atoms with Gasteiger partial charge < -0.3 is 23.2 Å². The van der Waals surface area contributed by atoms with Crippen LogP contribution < -0.4 is 0 Å². The Hall–Kier alpha value is 0.891. The van der Waals surface area contributed by atoms with Crippen molar-refractivity contribution in [2.24, 2.45) is 0 Å². The molecule has 0 amide bonds. The van der Waals surface area contributed by atoms with E-state index < -0.39 is 38.4 Å². The Morgan fingerprint density at radius 1 is 0.857 bits per heavy atom. The van der Waals surface area contributed by atoms with E-state index in [1.165, 1.54) is 32.5 Å². The van der Waals surface area contributed by atoms with Gasteiger partial charge in [0.25, 0.3) is 0 Å². The van der Waals surface area contributed by atoms with Gasteiger partial charge in [-0.3, -0.25) is 0 Å². The molecule has 3 fully saturated rings. The van der Waals surface area contributed by atoms with E-state index in [0.29, 0.717) is 6.10 Å². The number of hydrogen-bond donors (Lipinski definition) is 2. The van der Waals surface area contributed by atoms with Crippen LogP contribution in [0.5, 0.6) is 0 Å². The summed E-state index contributed by atoms with van der Waals surface area (Å²) in [6.07, 6.45) is 7.36. The number of aliphatic hydroxyl groups excluding tert-OH is 1. The zero-order valence-corrected chi connectivity index (χ0v) is 33.8. The Labute approximate surface area is 267 Å². The molecular formula is C26H61F3O7S3Si3. The summed E-state index contributed by atoms with van der Waals surface area (Å²) in [6, 6.07) is 0. The van der Waals surface area contributed by atoms with Crippen molar-refractivity contribution in [2.75, 3.05) is 13.2 Å². The number of aliphatic hydroxyl groups is 1. The van der Waals surface area contributed by atoms with Crippen molar-refractivity contribution in [3.05, 3.63) is 0 Å². The van der Waals surface area contributed by atoms with E-state index in [1.807, 2.05) is 27.7 Å². The zero-order valence-electron chi connectivity index (χ0n) is 28.3. The molecule has 2 bridgehead atoms. The molecule has 3 heterocycles. The third-order valence-corrected chi connectivity index (χ3v) is 24.3. The van der Waals surface area contributed by atoms with Crippen LogP contribution in [-0.4, -0.2) is 78.9 Å². The van der Waals surface area contributed by atoms with Gasteiger partial charge in [0, 0.05) is 0 Å². The van der Waals surface area contributed by atoms with E-state index in [-0.39, 0.29) is 24.4 Å². The Kier molecular flexibility index (Phi) is 25.3. The maximum Gasteiger partial charge on any atom is 0.522 e. The molecule has 42 heavy (non-hydrogen) atoms. The first-order valence-corrected chi connectivity index (χ1v) is 29.5. The molecule has 0 aromatic rings. The van der Waals surface area contributed by atoms with Gasteiger partial charge in [0.2, 0.25) is 8.32 Å². The van der Waals surface area contributed by atoms with Crippen LogP contribution in [0.2, 0.25) is 58.9 Å². The van der Waals surface area contributed by atoms with E-state index in [4.69, 9.17) is 19.3 Å². The smallest absolute Gasteiger partial charge is 0.394 e. The average molecular weight is 723 g/mol. The highest BCUT2D eigenvalue weighted by molar-refractivity contribution is 8.49. The van der Waals surface area contributed by atoms with Gasteiger partial charge in [-0.05, 0) is 58.2 Å². The lowest BCUT2D eigenvalue weighted by Gasteiger charge is -2.25. The fourth-order valence-electron chi connectivity index (χ4n) is 3.63. The first kappa shape index (κ1) is 47.3. The van der Waals surface area contributed by atoms with Gasteiger partial charge in [-0.25, -0.2) is 10.7 Å². The van der Waals surface area contributed by atoms with Crippen molar-refractivity contribution >= 4 is 56.2 Å². The van der Waals surface area contributed by atoms with Crippen molar-refractivity contribution in [1.29, 1.82) is 0 Å². The predicted octanol–water partition coefficient (Wildman–Crippen LogP) is 8.84. The molecule has 3 aliphatic rings. The molecule has 0 aromatic heterocycles. The molecule has 16 heteroatoms. The van der Waals surface area contributed by atoms with Crippen LogP contribution in [-0.2, 0) is 28.2 Å². The molecule has 7 nitrogen and oxygen atoms in total. The van der Waals surface area contributed by atoms with Gasteiger partial charge in [-0.15, -0.1) is 12.6 Å². The predicted molar refractivity (Wildman–Crippen MR) is 183 cm³/mol. The maximum absolute atomic E-state index is 11.7. The largest absolute Gasteiger partial charge is 0.522 e. The summed E-state index contributed by atoms with van der Waals surface area (Å²) in [5.41, 5.74) is -5.26. The highest BCUT2D eigenvalue weighted by Crippen LogP contribution is 2.30. The number of hydrogen-bond acceptors (Lipinski definition) is 9. The molecule has 4 atom stereocenters. The lowest BCUT2D eigenvalue weighted by Crippen LogP contribution is -2.36. The Bertz CT molecular complexity index is 748. The summed E-state index contributed by atoms with van der Waals surface area (Å²) < 4.78 is 75.6.